The van der Waals surface area contributed by atoms with E-state index in [0.29, 0.717) is 0 Å². The molecule has 244 valence electrons. The maximum Gasteiger partial charge on any atom is 0.0547 e. The van der Waals surface area contributed by atoms with Gasteiger partial charge in [-0.2, -0.15) is 0 Å². The molecule has 1 spiro atoms. The standard InChI is InChI=1S/C50H39N/c1-2-11-34-29-35(21-20-33(34)10-1)39-12-4-7-17-46(39)51-47-18-8-5-14-42(47)49-40(15-9-19-48(49)51)36-22-23-45-43(30-36)41-13-3-6-16-44(41)50(45)37-25-31-24-32(27-37)28-38(50)26-31/h1-23,29-32,37-38H,24-28H2. The molecule has 0 atom stereocenters. The molecule has 4 saturated carbocycles. The fourth-order valence-electron chi connectivity index (χ4n) is 12.1. The van der Waals surface area contributed by atoms with Crippen LogP contribution < -0.4 is 0 Å². The van der Waals surface area contributed by atoms with Crippen molar-refractivity contribution in [2.45, 2.75) is 37.5 Å². The Morgan fingerprint density at radius 3 is 1.92 bits per heavy atom. The van der Waals surface area contributed by atoms with Gasteiger partial charge in [-0.05, 0) is 136 Å². The summed E-state index contributed by atoms with van der Waals surface area (Å²) in [6.07, 6.45) is 7.16. The minimum absolute atomic E-state index is 0.201. The lowest BCUT2D eigenvalue weighted by molar-refractivity contribution is -0.0399. The molecule has 8 aromatic rings. The van der Waals surface area contributed by atoms with Gasteiger partial charge in [-0.25, -0.2) is 0 Å². The summed E-state index contributed by atoms with van der Waals surface area (Å²) in [6.45, 7) is 0. The molecular formula is C50H39N. The molecule has 51 heavy (non-hydrogen) atoms. The Morgan fingerprint density at radius 2 is 1.06 bits per heavy atom. The van der Waals surface area contributed by atoms with Gasteiger partial charge in [0.15, 0.2) is 0 Å². The molecule has 5 aliphatic carbocycles. The summed E-state index contributed by atoms with van der Waals surface area (Å²) in [4.78, 5) is 0. The van der Waals surface area contributed by atoms with Gasteiger partial charge in [-0.15, -0.1) is 0 Å². The lowest BCUT2D eigenvalue weighted by atomic mass is 9.43. The van der Waals surface area contributed by atoms with E-state index < -0.39 is 0 Å². The van der Waals surface area contributed by atoms with Crippen molar-refractivity contribution < 1.29 is 0 Å². The molecule has 0 unspecified atom stereocenters. The summed E-state index contributed by atoms with van der Waals surface area (Å²) < 4.78 is 2.50. The number of hydrogen-bond acceptors (Lipinski definition) is 0. The Hall–Kier alpha value is -5.40. The van der Waals surface area contributed by atoms with Crippen LogP contribution in [0, 0.1) is 23.7 Å². The lowest BCUT2D eigenvalue weighted by Crippen LogP contribution is -2.55. The molecular weight excluding hydrogens is 615 g/mol. The maximum absolute atomic E-state index is 2.57. The molecule has 0 N–H and O–H groups in total. The largest absolute Gasteiger partial charge is 0.309 e. The second-order valence-corrected chi connectivity index (χ2v) is 16.1. The van der Waals surface area contributed by atoms with E-state index in [9.17, 15) is 0 Å². The zero-order valence-electron chi connectivity index (χ0n) is 28.7. The Balaban J connectivity index is 1.07. The molecule has 0 saturated heterocycles. The topological polar surface area (TPSA) is 4.93 Å². The van der Waals surface area contributed by atoms with Crippen LogP contribution in [0.15, 0.2) is 152 Å². The number of hydrogen-bond donors (Lipinski definition) is 0. The molecule has 1 heteroatoms. The Kier molecular flexibility index (Phi) is 5.73. The van der Waals surface area contributed by atoms with E-state index in [2.05, 4.69) is 156 Å². The van der Waals surface area contributed by atoms with Crippen molar-refractivity contribution >= 4 is 32.6 Å². The maximum atomic E-state index is 2.57. The Morgan fingerprint density at radius 1 is 0.431 bits per heavy atom. The van der Waals surface area contributed by atoms with E-state index in [1.165, 1.54) is 104 Å². The first-order valence-electron chi connectivity index (χ1n) is 19.1. The van der Waals surface area contributed by atoms with Gasteiger partial charge in [0.2, 0.25) is 0 Å². The predicted molar refractivity (Wildman–Crippen MR) is 212 cm³/mol. The third kappa shape index (κ3) is 3.77. The van der Waals surface area contributed by atoms with Crippen molar-refractivity contribution in [2.24, 2.45) is 23.7 Å². The van der Waals surface area contributed by atoms with Crippen LogP contribution in [0.3, 0.4) is 0 Å². The Bertz CT molecular complexity index is 2700. The number of fused-ring (bicyclic) bond motifs is 7. The first kappa shape index (κ1) is 28.3. The molecule has 0 radical (unpaired) electrons. The van der Waals surface area contributed by atoms with E-state index in [0.717, 1.165) is 23.7 Å². The molecule has 13 rings (SSSR count). The van der Waals surface area contributed by atoms with Gasteiger partial charge in [0.25, 0.3) is 0 Å². The summed E-state index contributed by atoms with van der Waals surface area (Å²) in [6, 6.07) is 57.5. The van der Waals surface area contributed by atoms with Crippen molar-refractivity contribution in [1.82, 2.24) is 4.57 Å². The highest BCUT2D eigenvalue weighted by Crippen LogP contribution is 2.69. The van der Waals surface area contributed by atoms with Crippen molar-refractivity contribution in [3.63, 3.8) is 0 Å². The van der Waals surface area contributed by atoms with Gasteiger partial charge >= 0.3 is 0 Å². The van der Waals surface area contributed by atoms with Gasteiger partial charge in [-0.3, -0.25) is 0 Å². The van der Waals surface area contributed by atoms with Crippen molar-refractivity contribution in [3.05, 3.63) is 163 Å². The molecule has 1 aromatic heterocycles. The number of rotatable bonds is 3. The van der Waals surface area contributed by atoms with Crippen LogP contribution in [0.25, 0.3) is 71.6 Å². The van der Waals surface area contributed by atoms with Gasteiger partial charge in [-0.1, -0.05) is 121 Å². The smallest absolute Gasteiger partial charge is 0.0547 e. The third-order valence-corrected chi connectivity index (χ3v) is 13.8. The highest BCUT2D eigenvalue weighted by atomic mass is 15.0. The van der Waals surface area contributed by atoms with Crippen LogP contribution in [0.4, 0.5) is 0 Å². The molecule has 1 nitrogen and oxygen atoms in total. The molecule has 1 heterocycles. The number of aromatic nitrogens is 1. The van der Waals surface area contributed by atoms with Gasteiger partial charge in [0, 0.05) is 21.8 Å². The second kappa shape index (κ2) is 10.3. The molecule has 0 amide bonds. The summed E-state index contributed by atoms with van der Waals surface area (Å²) in [7, 11) is 0. The normalized spacial score (nSPS) is 24.2. The monoisotopic (exact) mass is 653 g/mol. The Labute approximate surface area is 299 Å². The second-order valence-electron chi connectivity index (χ2n) is 16.1. The van der Waals surface area contributed by atoms with Crippen LogP contribution in [-0.2, 0) is 5.41 Å². The van der Waals surface area contributed by atoms with Crippen molar-refractivity contribution in [2.75, 3.05) is 0 Å². The quantitative estimate of drug-likeness (QED) is 0.179. The van der Waals surface area contributed by atoms with Crippen LogP contribution in [0.5, 0.6) is 0 Å². The molecule has 5 aliphatic rings. The number of para-hydroxylation sites is 2. The number of nitrogens with zero attached hydrogens (tertiary/aromatic N) is 1. The first-order chi connectivity index (χ1) is 25.3. The van der Waals surface area contributed by atoms with E-state index >= 15 is 0 Å². The van der Waals surface area contributed by atoms with Gasteiger partial charge < -0.3 is 4.57 Å². The zero-order chi connectivity index (χ0) is 33.3. The van der Waals surface area contributed by atoms with E-state index in [4.69, 9.17) is 0 Å². The van der Waals surface area contributed by atoms with E-state index in [1.807, 2.05) is 0 Å². The summed E-state index contributed by atoms with van der Waals surface area (Å²) in [5.41, 5.74) is 15.2. The molecule has 7 aromatic carbocycles. The van der Waals surface area contributed by atoms with Gasteiger partial charge in [0.1, 0.15) is 0 Å². The van der Waals surface area contributed by atoms with Crippen LogP contribution in [-0.4, -0.2) is 4.57 Å². The average molecular weight is 654 g/mol. The average Bonchev–Trinajstić information content (AvgIpc) is 3.67. The number of benzene rings is 7. The molecule has 4 bridgehead atoms. The van der Waals surface area contributed by atoms with Crippen LogP contribution in [0.2, 0.25) is 0 Å². The zero-order valence-corrected chi connectivity index (χ0v) is 28.7. The summed E-state index contributed by atoms with van der Waals surface area (Å²) in [5, 5.41) is 5.17. The first-order valence-corrected chi connectivity index (χ1v) is 19.1. The van der Waals surface area contributed by atoms with Gasteiger partial charge in [0.05, 0.1) is 16.7 Å². The minimum Gasteiger partial charge on any atom is -0.309 e. The molecule has 0 aliphatic heterocycles. The predicted octanol–water partition coefficient (Wildman–Crippen LogP) is 13.0. The lowest BCUT2D eigenvalue weighted by Gasteiger charge is -2.61. The van der Waals surface area contributed by atoms with Crippen molar-refractivity contribution in [3.8, 4) is 39.1 Å². The van der Waals surface area contributed by atoms with Crippen LogP contribution in [0.1, 0.15) is 43.2 Å². The highest BCUT2D eigenvalue weighted by Gasteiger charge is 2.61. The van der Waals surface area contributed by atoms with Crippen molar-refractivity contribution in [1.29, 1.82) is 0 Å². The fourth-order valence-corrected chi connectivity index (χ4v) is 12.1. The SMILES string of the molecule is c1ccc(-n2c3ccccc3c3c(-c4ccc5c(c4)-c4ccccc4C54C5CC6CC(C5)CC4C6)cccc32)c(-c2ccc3ccccc3c2)c1. The minimum atomic E-state index is 0.201. The van der Waals surface area contributed by atoms with Crippen LogP contribution >= 0.6 is 0 Å². The summed E-state index contributed by atoms with van der Waals surface area (Å²) in [5.74, 6) is 3.47. The summed E-state index contributed by atoms with van der Waals surface area (Å²) >= 11 is 0. The third-order valence-electron chi connectivity index (χ3n) is 13.8. The van der Waals surface area contributed by atoms with E-state index in [-0.39, 0.29) is 5.41 Å². The molecule has 4 fully saturated rings. The van der Waals surface area contributed by atoms with E-state index in [1.54, 1.807) is 11.1 Å². The fraction of sp³-hybridized carbons (Fsp3) is 0.200. The highest BCUT2D eigenvalue weighted by molar-refractivity contribution is 6.16.